The van der Waals surface area contributed by atoms with Crippen molar-refractivity contribution in [2.24, 2.45) is 0 Å². The fraction of sp³-hybridized carbons (Fsp3) is 0.0952. The van der Waals surface area contributed by atoms with Crippen LogP contribution in [0.4, 0.5) is 5.69 Å². The number of carbonyl (C=O) groups excluding carboxylic acids is 1. The summed E-state index contributed by atoms with van der Waals surface area (Å²) in [6.07, 6.45) is 0. The van der Waals surface area contributed by atoms with E-state index in [0.29, 0.717) is 22.9 Å². The molecule has 0 radical (unpaired) electrons. The Hall–Kier alpha value is -3.27. The maximum atomic E-state index is 12.2. The van der Waals surface area contributed by atoms with E-state index in [2.05, 4.69) is 5.32 Å². The van der Waals surface area contributed by atoms with E-state index in [0.717, 1.165) is 5.56 Å². The quantitative estimate of drug-likeness (QED) is 0.704. The minimum Gasteiger partial charge on any atom is -0.484 e. The molecule has 3 aromatic carbocycles. The van der Waals surface area contributed by atoms with Crippen LogP contribution in [-0.4, -0.2) is 12.5 Å². The van der Waals surface area contributed by atoms with Crippen molar-refractivity contribution in [2.75, 3.05) is 11.9 Å². The molecule has 3 aromatic rings. The molecule has 0 aliphatic rings. The molecule has 0 atom stereocenters. The maximum absolute atomic E-state index is 12.2. The Morgan fingerprint density at radius 2 is 1.60 bits per heavy atom. The summed E-state index contributed by atoms with van der Waals surface area (Å²) < 4.78 is 11.4. The molecule has 0 saturated heterocycles. The van der Waals surface area contributed by atoms with Crippen LogP contribution in [0.5, 0.6) is 17.2 Å². The minimum atomic E-state index is -0.245. The van der Waals surface area contributed by atoms with Crippen molar-refractivity contribution >= 4 is 11.6 Å². The normalized spacial score (nSPS) is 10.1. The molecule has 25 heavy (non-hydrogen) atoms. The Kier molecular flexibility index (Phi) is 5.32. The maximum Gasteiger partial charge on any atom is 0.262 e. The van der Waals surface area contributed by atoms with E-state index >= 15 is 0 Å². The number of aryl methyl sites for hydroxylation is 1. The monoisotopic (exact) mass is 333 g/mol. The second kappa shape index (κ2) is 8.02. The van der Waals surface area contributed by atoms with Crippen LogP contribution in [0.3, 0.4) is 0 Å². The molecular weight excluding hydrogens is 314 g/mol. The number of hydrogen-bond donors (Lipinski definition) is 1. The highest BCUT2D eigenvalue weighted by atomic mass is 16.5. The zero-order valence-corrected chi connectivity index (χ0v) is 13.9. The van der Waals surface area contributed by atoms with Crippen LogP contribution in [-0.2, 0) is 4.79 Å². The number of rotatable bonds is 6. The van der Waals surface area contributed by atoms with E-state index in [4.69, 9.17) is 9.47 Å². The zero-order chi connectivity index (χ0) is 17.5. The number of hydrogen-bond acceptors (Lipinski definition) is 3. The summed E-state index contributed by atoms with van der Waals surface area (Å²) in [4.78, 5) is 12.2. The van der Waals surface area contributed by atoms with Gasteiger partial charge < -0.3 is 14.8 Å². The standard InChI is InChI=1S/C21H19NO3/c1-16-8-7-11-18(14-16)24-15-21(23)22-19-12-5-6-13-20(19)25-17-9-3-2-4-10-17/h2-14H,15H2,1H3,(H,22,23). The highest BCUT2D eigenvalue weighted by Gasteiger charge is 2.09. The molecule has 1 N–H and O–H groups in total. The van der Waals surface area contributed by atoms with E-state index < -0.39 is 0 Å². The third-order valence-corrected chi connectivity index (χ3v) is 3.49. The van der Waals surface area contributed by atoms with Crippen molar-refractivity contribution < 1.29 is 14.3 Å². The molecule has 0 spiro atoms. The van der Waals surface area contributed by atoms with Crippen molar-refractivity contribution in [3.63, 3.8) is 0 Å². The Balaban J connectivity index is 1.63. The second-order valence-corrected chi connectivity index (χ2v) is 5.56. The number of nitrogens with one attached hydrogen (secondary N) is 1. The first-order valence-corrected chi connectivity index (χ1v) is 8.02. The van der Waals surface area contributed by atoms with Crippen molar-refractivity contribution in [3.05, 3.63) is 84.4 Å². The molecule has 126 valence electrons. The molecule has 0 fully saturated rings. The van der Waals surface area contributed by atoms with Crippen molar-refractivity contribution in [2.45, 2.75) is 6.92 Å². The number of anilines is 1. The van der Waals surface area contributed by atoms with Gasteiger partial charge in [0.1, 0.15) is 11.5 Å². The lowest BCUT2D eigenvalue weighted by Gasteiger charge is -2.12. The van der Waals surface area contributed by atoms with Crippen LogP contribution in [0.2, 0.25) is 0 Å². The summed E-state index contributed by atoms with van der Waals surface area (Å²) in [5, 5.41) is 2.83. The van der Waals surface area contributed by atoms with Crippen LogP contribution >= 0.6 is 0 Å². The van der Waals surface area contributed by atoms with E-state index in [-0.39, 0.29) is 12.5 Å². The van der Waals surface area contributed by atoms with Gasteiger partial charge in [-0.2, -0.15) is 0 Å². The van der Waals surface area contributed by atoms with E-state index in [1.165, 1.54) is 0 Å². The Bertz CT molecular complexity index is 847. The molecule has 0 saturated carbocycles. The number of para-hydroxylation sites is 3. The molecule has 0 aliphatic carbocycles. The van der Waals surface area contributed by atoms with Crippen LogP contribution in [0.25, 0.3) is 0 Å². The average molecular weight is 333 g/mol. The molecular formula is C21H19NO3. The minimum absolute atomic E-state index is 0.0663. The van der Waals surface area contributed by atoms with Gasteiger partial charge in [0.2, 0.25) is 0 Å². The van der Waals surface area contributed by atoms with Crippen LogP contribution in [0, 0.1) is 6.92 Å². The van der Waals surface area contributed by atoms with Crippen LogP contribution < -0.4 is 14.8 Å². The first-order valence-electron chi connectivity index (χ1n) is 8.02. The fourth-order valence-electron chi connectivity index (χ4n) is 2.31. The topological polar surface area (TPSA) is 47.6 Å². The summed E-state index contributed by atoms with van der Waals surface area (Å²) >= 11 is 0. The summed E-state index contributed by atoms with van der Waals surface area (Å²) in [6.45, 7) is 1.91. The SMILES string of the molecule is Cc1cccc(OCC(=O)Nc2ccccc2Oc2ccccc2)c1. The van der Waals surface area contributed by atoms with Crippen LogP contribution in [0.1, 0.15) is 5.56 Å². The predicted molar refractivity (Wildman–Crippen MR) is 98.3 cm³/mol. The lowest BCUT2D eigenvalue weighted by atomic mass is 10.2. The first kappa shape index (κ1) is 16.6. The van der Waals surface area contributed by atoms with Crippen molar-refractivity contribution in [1.82, 2.24) is 0 Å². The van der Waals surface area contributed by atoms with Gasteiger partial charge in [0, 0.05) is 0 Å². The van der Waals surface area contributed by atoms with Gasteiger partial charge >= 0.3 is 0 Å². The average Bonchev–Trinajstić information content (AvgIpc) is 2.63. The fourth-order valence-corrected chi connectivity index (χ4v) is 2.31. The summed E-state index contributed by atoms with van der Waals surface area (Å²) in [7, 11) is 0. The van der Waals surface area contributed by atoms with Gasteiger partial charge in [-0.3, -0.25) is 4.79 Å². The number of benzene rings is 3. The second-order valence-electron chi connectivity index (χ2n) is 5.56. The molecule has 0 bridgehead atoms. The number of amides is 1. The molecule has 0 aliphatic heterocycles. The zero-order valence-electron chi connectivity index (χ0n) is 13.9. The lowest BCUT2D eigenvalue weighted by Crippen LogP contribution is -2.20. The van der Waals surface area contributed by atoms with E-state index in [1.54, 1.807) is 6.07 Å². The van der Waals surface area contributed by atoms with Gasteiger partial charge in [-0.25, -0.2) is 0 Å². The van der Waals surface area contributed by atoms with E-state index in [1.807, 2.05) is 79.7 Å². The summed E-state index contributed by atoms with van der Waals surface area (Å²) in [5.41, 5.74) is 1.68. The summed E-state index contributed by atoms with van der Waals surface area (Å²) in [6, 6.07) is 24.3. The molecule has 0 heterocycles. The lowest BCUT2D eigenvalue weighted by molar-refractivity contribution is -0.118. The molecule has 0 unspecified atom stereocenters. The molecule has 3 rings (SSSR count). The van der Waals surface area contributed by atoms with Gasteiger partial charge in [-0.15, -0.1) is 0 Å². The largest absolute Gasteiger partial charge is 0.484 e. The third-order valence-electron chi connectivity index (χ3n) is 3.49. The van der Waals surface area contributed by atoms with Crippen molar-refractivity contribution in [1.29, 1.82) is 0 Å². The number of ether oxygens (including phenoxy) is 2. The van der Waals surface area contributed by atoms with Gasteiger partial charge in [0.15, 0.2) is 12.4 Å². The predicted octanol–water partition coefficient (Wildman–Crippen LogP) is 4.80. The Labute approximate surface area is 147 Å². The molecule has 4 nitrogen and oxygen atoms in total. The highest BCUT2D eigenvalue weighted by Crippen LogP contribution is 2.29. The number of carbonyl (C=O) groups is 1. The van der Waals surface area contributed by atoms with Gasteiger partial charge in [-0.1, -0.05) is 42.5 Å². The Morgan fingerprint density at radius 1 is 0.880 bits per heavy atom. The van der Waals surface area contributed by atoms with Gasteiger partial charge in [-0.05, 0) is 48.9 Å². The third kappa shape index (κ3) is 4.85. The molecule has 1 amide bonds. The summed E-state index contributed by atoms with van der Waals surface area (Å²) in [5.74, 6) is 1.72. The van der Waals surface area contributed by atoms with Crippen LogP contribution in [0.15, 0.2) is 78.9 Å². The molecule has 4 heteroatoms. The smallest absolute Gasteiger partial charge is 0.262 e. The first-order chi connectivity index (χ1) is 12.2. The Morgan fingerprint density at radius 3 is 2.40 bits per heavy atom. The van der Waals surface area contributed by atoms with Crippen molar-refractivity contribution in [3.8, 4) is 17.2 Å². The van der Waals surface area contributed by atoms with E-state index in [9.17, 15) is 4.79 Å². The molecule has 0 aromatic heterocycles. The highest BCUT2D eigenvalue weighted by molar-refractivity contribution is 5.93. The van der Waals surface area contributed by atoms with Gasteiger partial charge in [0.25, 0.3) is 5.91 Å². The van der Waals surface area contributed by atoms with Gasteiger partial charge in [0.05, 0.1) is 5.69 Å².